The number of carbonyl (C=O) groups is 1. The van der Waals surface area contributed by atoms with Crippen molar-refractivity contribution in [3.05, 3.63) is 56.5 Å². The second-order valence-corrected chi connectivity index (χ2v) is 5.92. The fraction of sp³-hybridized carbons (Fsp3) is 0.0714. The molecular weight excluding hydrogens is 372 g/mol. The minimum Gasteiger partial charge on any atom is -0.399 e. The van der Waals surface area contributed by atoms with Crippen LogP contribution in [-0.2, 0) is 0 Å². The van der Waals surface area contributed by atoms with Gasteiger partial charge in [-0.1, -0.05) is 15.9 Å². The number of anilines is 2. The zero-order chi connectivity index (χ0) is 14.0. The van der Waals surface area contributed by atoms with Crippen LogP contribution in [0.2, 0.25) is 0 Å². The quantitative estimate of drug-likeness (QED) is 0.757. The normalized spacial score (nSPS) is 10.3. The summed E-state index contributed by atoms with van der Waals surface area (Å²) in [5.74, 6) is -0.190. The van der Waals surface area contributed by atoms with E-state index in [-0.39, 0.29) is 5.91 Å². The van der Waals surface area contributed by atoms with Crippen molar-refractivity contribution in [1.29, 1.82) is 0 Å². The Kier molecular flexibility index (Phi) is 4.27. The topological polar surface area (TPSA) is 55.1 Å². The van der Waals surface area contributed by atoms with E-state index in [0.29, 0.717) is 15.7 Å². The molecule has 0 unspecified atom stereocenters. The van der Waals surface area contributed by atoms with Crippen LogP contribution in [0, 0.1) is 6.92 Å². The molecule has 0 aliphatic carbocycles. The van der Waals surface area contributed by atoms with E-state index in [4.69, 9.17) is 5.73 Å². The van der Waals surface area contributed by atoms with Gasteiger partial charge in [-0.2, -0.15) is 0 Å². The molecule has 0 heterocycles. The van der Waals surface area contributed by atoms with Crippen LogP contribution in [0.4, 0.5) is 11.4 Å². The molecule has 0 spiro atoms. The standard InChI is InChI=1S/C14H12Br2N2O/c1-8-6-9(15)2-5-13(8)18-14(19)11-7-10(17)3-4-12(11)16/h2-7H,17H2,1H3,(H,18,19). The first-order valence-electron chi connectivity index (χ1n) is 5.60. The number of aryl methyl sites for hydroxylation is 1. The van der Waals surface area contributed by atoms with Crippen LogP contribution in [0.15, 0.2) is 45.3 Å². The number of carbonyl (C=O) groups excluding carboxylic acids is 1. The van der Waals surface area contributed by atoms with Gasteiger partial charge in [-0.25, -0.2) is 0 Å². The van der Waals surface area contributed by atoms with Crippen molar-refractivity contribution in [2.75, 3.05) is 11.1 Å². The Morgan fingerprint density at radius 2 is 1.89 bits per heavy atom. The van der Waals surface area contributed by atoms with Crippen LogP contribution in [0.5, 0.6) is 0 Å². The third-order valence-electron chi connectivity index (χ3n) is 2.67. The number of halogens is 2. The second kappa shape index (κ2) is 5.75. The molecule has 1 amide bonds. The zero-order valence-electron chi connectivity index (χ0n) is 10.2. The lowest BCUT2D eigenvalue weighted by atomic mass is 10.1. The van der Waals surface area contributed by atoms with Gasteiger partial charge >= 0.3 is 0 Å². The SMILES string of the molecule is Cc1cc(Br)ccc1NC(=O)c1cc(N)ccc1Br. The van der Waals surface area contributed by atoms with Gasteiger partial charge in [-0.05, 0) is 64.8 Å². The summed E-state index contributed by atoms with van der Waals surface area (Å²) in [7, 11) is 0. The minimum absolute atomic E-state index is 0.190. The van der Waals surface area contributed by atoms with Crippen LogP contribution >= 0.6 is 31.9 Å². The maximum Gasteiger partial charge on any atom is 0.256 e. The largest absolute Gasteiger partial charge is 0.399 e. The number of amides is 1. The number of nitrogen functional groups attached to an aromatic ring is 1. The predicted molar refractivity (Wildman–Crippen MR) is 85.4 cm³/mol. The smallest absolute Gasteiger partial charge is 0.256 e. The summed E-state index contributed by atoms with van der Waals surface area (Å²) in [5.41, 5.74) is 8.54. The first-order chi connectivity index (χ1) is 8.97. The number of benzene rings is 2. The Balaban J connectivity index is 2.28. The van der Waals surface area contributed by atoms with E-state index >= 15 is 0 Å². The molecule has 0 atom stereocenters. The molecule has 2 aromatic rings. The second-order valence-electron chi connectivity index (χ2n) is 4.15. The Hall–Kier alpha value is -1.33. The fourth-order valence-corrected chi connectivity index (χ4v) is 2.58. The van der Waals surface area contributed by atoms with Crippen molar-refractivity contribution in [3.63, 3.8) is 0 Å². The summed E-state index contributed by atoms with van der Waals surface area (Å²) in [5, 5.41) is 2.88. The number of rotatable bonds is 2. The molecule has 0 aliphatic rings. The maximum atomic E-state index is 12.2. The van der Waals surface area contributed by atoms with Crippen LogP contribution in [0.25, 0.3) is 0 Å². The maximum absolute atomic E-state index is 12.2. The fourth-order valence-electron chi connectivity index (χ4n) is 1.67. The van der Waals surface area contributed by atoms with Crippen LogP contribution in [0.1, 0.15) is 15.9 Å². The lowest BCUT2D eigenvalue weighted by molar-refractivity contribution is 0.102. The van der Waals surface area contributed by atoms with Gasteiger partial charge in [0.25, 0.3) is 5.91 Å². The van der Waals surface area contributed by atoms with E-state index in [1.54, 1.807) is 18.2 Å². The lowest BCUT2D eigenvalue weighted by Gasteiger charge is -2.10. The summed E-state index contributed by atoms with van der Waals surface area (Å²) in [4.78, 5) is 12.2. The molecule has 0 aromatic heterocycles. The summed E-state index contributed by atoms with van der Waals surface area (Å²) in [6.07, 6.45) is 0. The van der Waals surface area contributed by atoms with E-state index in [9.17, 15) is 4.79 Å². The van der Waals surface area contributed by atoms with Crippen LogP contribution in [0.3, 0.4) is 0 Å². The van der Waals surface area contributed by atoms with Gasteiger partial charge in [0.15, 0.2) is 0 Å². The molecule has 2 rings (SSSR count). The molecule has 0 saturated heterocycles. The van der Waals surface area contributed by atoms with Crippen molar-refractivity contribution in [2.24, 2.45) is 0 Å². The summed E-state index contributed by atoms with van der Waals surface area (Å²) in [6.45, 7) is 1.94. The van der Waals surface area contributed by atoms with E-state index in [1.165, 1.54) is 0 Å². The minimum atomic E-state index is -0.190. The van der Waals surface area contributed by atoms with Gasteiger partial charge in [0.2, 0.25) is 0 Å². The molecule has 3 N–H and O–H groups in total. The van der Waals surface area contributed by atoms with Crippen molar-refractivity contribution in [2.45, 2.75) is 6.92 Å². The molecule has 19 heavy (non-hydrogen) atoms. The molecule has 3 nitrogen and oxygen atoms in total. The average Bonchev–Trinajstić information content (AvgIpc) is 2.35. The Labute approximate surface area is 128 Å². The molecule has 0 fully saturated rings. The van der Waals surface area contributed by atoms with Gasteiger partial charge in [0.1, 0.15) is 0 Å². The summed E-state index contributed by atoms with van der Waals surface area (Å²) < 4.78 is 1.70. The summed E-state index contributed by atoms with van der Waals surface area (Å²) in [6, 6.07) is 10.8. The van der Waals surface area contributed by atoms with Crippen molar-refractivity contribution < 1.29 is 4.79 Å². The predicted octanol–water partition coefficient (Wildman–Crippen LogP) is 4.35. The average molecular weight is 384 g/mol. The van der Waals surface area contributed by atoms with E-state index < -0.39 is 0 Å². The first kappa shape index (κ1) is 14.1. The molecule has 2 aromatic carbocycles. The Morgan fingerprint density at radius 3 is 2.58 bits per heavy atom. The van der Waals surface area contributed by atoms with Crippen molar-refractivity contribution >= 4 is 49.1 Å². The van der Waals surface area contributed by atoms with Gasteiger partial charge in [0.05, 0.1) is 5.56 Å². The monoisotopic (exact) mass is 382 g/mol. The molecule has 0 radical (unpaired) electrons. The van der Waals surface area contributed by atoms with Crippen LogP contribution < -0.4 is 11.1 Å². The Morgan fingerprint density at radius 1 is 1.16 bits per heavy atom. The van der Waals surface area contributed by atoms with Gasteiger partial charge < -0.3 is 11.1 Å². The molecular formula is C14H12Br2N2O. The molecule has 0 bridgehead atoms. The highest BCUT2D eigenvalue weighted by molar-refractivity contribution is 9.10. The van der Waals surface area contributed by atoms with Gasteiger partial charge in [0, 0.05) is 20.3 Å². The zero-order valence-corrected chi connectivity index (χ0v) is 13.4. The van der Waals surface area contributed by atoms with Gasteiger partial charge in [-0.3, -0.25) is 4.79 Å². The first-order valence-corrected chi connectivity index (χ1v) is 7.18. The number of hydrogen-bond acceptors (Lipinski definition) is 2. The highest BCUT2D eigenvalue weighted by Crippen LogP contribution is 2.23. The number of nitrogens with one attached hydrogen (secondary N) is 1. The summed E-state index contributed by atoms with van der Waals surface area (Å²) >= 11 is 6.74. The highest BCUT2D eigenvalue weighted by atomic mass is 79.9. The molecule has 98 valence electrons. The Bertz CT molecular complexity index is 641. The van der Waals surface area contributed by atoms with Crippen molar-refractivity contribution in [3.8, 4) is 0 Å². The van der Waals surface area contributed by atoms with Crippen molar-refractivity contribution in [1.82, 2.24) is 0 Å². The number of hydrogen-bond donors (Lipinski definition) is 2. The van der Waals surface area contributed by atoms with E-state index in [2.05, 4.69) is 37.2 Å². The third-order valence-corrected chi connectivity index (χ3v) is 3.86. The van der Waals surface area contributed by atoms with Crippen LogP contribution in [-0.4, -0.2) is 5.91 Å². The van der Waals surface area contributed by atoms with E-state index in [0.717, 1.165) is 15.7 Å². The molecule has 0 saturated carbocycles. The van der Waals surface area contributed by atoms with E-state index in [1.807, 2.05) is 25.1 Å². The lowest BCUT2D eigenvalue weighted by Crippen LogP contribution is -2.13. The molecule has 5 heteroatoms. The van der Waals surface area contributed by atoms with Gasteiger partial charge in [-0.15, -0.1) is 0 Å². The third kappa shape index (κ3) is 3.36. The number of nitrogens with two attached hydrogens (primary N) is 1. The molecule has 0 aliphatic heterocycles. The highest BCUT2D eigenvalue weighted by Gasteiger charge is 2.11.